The molecule has 0 amide bonds. The summed E-state index contributed by atoms with van der Waals surface area (Å²) >= 11 is 0. The molecular formula is C14H25N5O. The van der Waals surface area contributed by atoms with Gasteiger partial charge in [0.05, 0.1) is 6.61 Å². The molecule has 1 aliphatic rings. The van der Waals surface area contributed by atoms with E-state index in [0.29, 0.717) is 24.0 Å². The zero-order chi connectivity index (χ0) is 14.4. The molecule has 1 saturated carbocycles. The highest BCUT2D eigenvalue weighted by Gasteiger charge is 2.19. The van der Waals surface area contributed by atoms with Crippen molar-refractivity contribution in [3.63, 3.8) is 0 Å². The number of nitrogen functional groups attached to an aromatic ring is 1. The Balaban J connectivity index is 1.82. The maximum Gasteiger partial charge on any atom is 0.242 e. The standard InChI is InChI=1S/C14H25N5O/c1-3-20-14-12(15)13(17-10-18-14)16-8-9-19(2)11-6-4-5-7-11/h10-11H,3-9,15H2,1-2H3,(H,16,17,18). The highest BCUT2D eigenvalue weighted by molar-refractivity contribution is 5.66. The lowest BCUT2D eigenvalue weighted by molar-refractivity contribution is 0.254. The minimum absolute atomic E-state index is 0.453. The van der Waals surface area contributed by atoms with Gasteiger partial charge in [0, 0.05) is 19.1 Å². The summed E-state index contributed by atoms with van der Waals surface area (Å²) in [5, 5.41) is 3.27. The number of likely N-dealkylation sites (N-methyl/N-ethyl adjacent to an activating group) is 1. The van der Waals surface area contributed by atoms with Gasteiger partial charge in [0.2, 0.25) is 5.88 Å². The van der Waals surface area contributed by atoms with Crippen LogP contribution in [0.1, 0.15) is 32.6 Å². The maximum absolute atomic E-state index is 5.98. The highest BCUT2D eigenvalue weighted by atomic mass is 16.5. The summed E-state index contributed by atoms with van der Waals surface area (Å²) in [5.74, 6) is 1.11. The number of aromatic nitrogens is 2. The molecule has 6 nitrogen and oxygen atoms in total. The van der Waals surface area contributed by atoms with Crippen LogP contribution in [0.3, 0.4) is 0 Å². The molecule has 112 valence electrons. The van der Waals surface area contributed by atoms with E-state index in [0.717, 1.165) is 19.1 Å². The molecular weight excluding hydrogens is 254 g/mol. The van der Waals surface area contributed by atoms with E-state index >= 15 is 0 Å². The number of nitrogens with zero attached hydrogens (tertiary/aromatic N) is 3. The van der Waals surface area contributed by atoms with Crippen molar-refractivity contribution in [2.24, 2.45) is 0 Å². The van der Waals surface area contributed by atoms with Crippen molar-refractivity contribution in [3.8, 4) is 5.88 Å². The number of hydrogen-bond acceptors (Lipinski definition) is 6. The number of anilines is 2. The van der Waals surface area contributed by atoms with E-state index in [-0.39, 0.29) is 0 Å². The van der Waals surface area contributed by atoms with Crippen molar-refractivity contribution < 1.29 is 4.74 Å². The Bertz CT molecular complexity index is 420. The van der Waals surface area contributed by atoms with E-state index < -0.39 is 0 Å². The van der Waals surface area contributed by atoms with Gasteiger partial charge in [-0.25, -0.2) is 4.98 Å². The molecule has 1 aliphatic carbocycles. The fourth-order valence-corrected chi connectivity index (χ4v) is 2.65. The van der Waals surface area contributed by atoms with Crippen LogP contribution in [0.5, 0.6) is 5.88 Å². The first-order valence-corrected chi connectivity index (χ1v) is 7.39. The molecule has 0 aromatic carbocycles. The maximum atomic E-state index is 5.98. The van der Waals surface area contributed by atoms with Crippen molar-refractivity contribution in [3.05, 3.63) is 6.33 Å². The molecule has 0 atom stereocenters. The lowest BCUT2D eigenvalue weighted by Gasteiger charge is -2.24. The van der Waals surface area contributed by atoms with Crippen LogP contribution in [0.2, 0.25) is 0 Å². The predicted octanol–water partition coefficient (Wildman–Crippen LogP) is 1.74. The van der Waals surface area contributed by atoms with Crippen molar-refractivity contribution in [1.29, 1.82) is 0 Å². The molecule has 6 heteroatoms. The summed E-state index contributed by atoms with van der Waals surface area (Å²) in [6.07, 6.45) is 6.84. The van der Waals surface area contributed by atoms with E-state index in [1.165, 1.54) is 32.0 Å². The Morgan fingerprint density at radius 2 is 2.15 bits per heavy atom. The van der Waals surface area contributed by atoms with E-state index in [4.69, 9.17) is 10.5 Å². The Morgan fingerprint density at radius 3 is 2.85 bits per heavy atom. The molecule has 1 aromatic rings. The van der Waals surface area contributed by atoms with Gasteiger partial charge in [-0.1, -0.05) is 12.8 Å². The van der Waals surface area contributed by atoms with Gasteiger partial charge in [-0.3, -0.25) is 0 Å². The fraction of sp³-hybridized carbons (Fsp3) is 0.714. The third-order valence-electron chi connectivity index (χ3n) is 3.83. The van der Waals surface area contributed by atoms with E-state index in [2.05, 4.69) is 27.2 Å². The third-order valence-corrected chi connectivity index (χ3v) is 3.83. The number of nitrogens with one attached hydrogen (secondary N) is 1. The Morgan fingerprint density at radius 1 is 1.40 bits per heavy atom. The van der Waals surface area contributed by atoms with Crippen LogP contribution in [-0.4, -0.2) is 47.7 Å². The van der Waals surface area contributed by atoms with Gasteiger partial charge in [-0.2, -0.15) is 4.98 Å². The lowest BCUT2D eigenvalue weighted by atomic mass is 10.2. The van der Waals surface area contributed by atoms with E-state index in [1.807, 2.05) is 6.92 Å². The topological polar surface area (TPSA) is 76.3 Å². The molecule has 0 bridgehead atoms. The van der Waals surface area contributed by atoms with Crippen LogP contribution in [0.4, 0.5) is 11.5 Å². The Kier molecular flexibility index (Phi) is 5.40. The Hall–Kier alpha value is -1.56. The van der Waals surface area contributed by atoms with Gasteiger partial charge in [0.25, 0.3) is 0 Å². The van der Waals surface area contributed by atoms with Crippen LogP contribution in [0, 0.1) is 0 Å². The summed E-state index contributed by atoms with van der Waals surface area (Å²) in [6, 6.07) is 0.735. The molecule has 0 unspecified atom stereocenters. The number of nitrogens with two attached hydrogens (primary N) is 1. The monoisotopic (exact) mass is 279 g/mol. The van der Waals surface area contributed by atoms with Gasteiger partial charge in [-0.05, 0) is 26.8 Å². The molecule has 1 fully saturated rings. The first-order chi connectivity index (χ1) is 9.72. The van der Waals surface area contributed by atoms with E-state index in [1.54, 1.807) is 0 Å². The second kappa shape index (κ2) is 7.28. The summed E-state index contributed by atoms with van der Waals surface area (Å²) < 4.78 is 5.36. The molecule has 0 radical (unpaired) electrons. The number of rotatable bonds is 7. The number of hydrogen-bond donors (Lipinski definition) is 2. The summed E-state index contributed by atoms with van der Waals surface area (Å²) in [6.45, 7) is 4.26. The Labute approximate surface area is 120 Å². The largest absolute Gasteiger partial charge is 0.476 e. The second-order valence-corrected chi connectivity index (χ2v) is 5.22. The molecule has 3 N–H and O–H groups in total. The lowest BCUT2D eigenvalue weighted by Crippen LogP contribution is -2.33. The minimum Gasteiger partial charge on any atom is -0.476 e. The summed E-state index contributed by atoms with van der Waals surface area (Å²) in [7, 11) is 2.19. The summed E-state index contributed by atoms with van der Waals surface area (Å²) in [4.78, 5) is 10.6. The average Bonchev–Trinajstić information content (AvgIpc) is 2.97. The van der Waals surface area contributed by atoms with E-state index in [9.17, 15) is 0 Å². The van der Waals surface area contributed by atoms with Crippen molar-refractivity contribution in [1.82, 2.24) is 14.9 Å². The van der Waals surface area contributed by atoms with Gasteiger partial charge < -0.3 is 20.7 Å². The van der Waals surface area contributed by atoms with Crippen molar-refractivity contribution >= 4 is 11.5 Å². The molecule has 20 heavy (non-hydrogen) atoms. The van der Waals surface area contributed by atoms with Crippen LogP contribution >= 0.6 is 0 Å². The fourth-order valence-electron chi connectivity index (χ4n) is 2.65. The van der Waals surface area contributed by atoms with Crippen LogP contribution in [0.15, 0.2) is 6.33 Å². The summed E-state index contributed by atoms with van der Waals surface area (Å²) in [5.41, 5.74) is 6.47. The predicted molar refractivity (Wildman–Crippen MR) is 81.0 cm³/mol. The molecule has 0 saturated heterocycles. The van der Waals surface area contributed by atoms with Crippen LogP contribution in [-0.2, 0) is 0 Å². The zero-order valence-corrected chi connectivity index (χ0v) is 12.4. The smallest absolute Gasteiger partial charge is 0.242 e. The quantitative estimate of drug-likeness (QED) is 0.792. The van der Waals surface area contributed by atoms with Crippen molar-refractivity contribution in [2.75, 3.05) is 37.8 Å². The molecule has 0 aliphatic heterocycles. The van der Waals surface area contributed by atoms with Crippen LogP contribution < -0.4 is 15.8 Å². The van der Waals surface area contributed by atoms with Crippen molar-refractivity contribution in [2.45, 2.75) is 38.6 Å². The molecule has 2 rings (SSSR count). The normalized spacial score (nSPS) is 15.8. The molecule has 1 aromatic heterocycles. The SMILES string of the molecule is CCOc1ncnc(NCCN(C)C2CCCC2)c1N. The first kappa shape index (κ1) is 14.8. The van der Waals surface area contributed by atoms with Gasteiger partial charge >= 0.3 is 0 Å². The van der Waals surface area contributed by atoms with Gasteiger partial charge in [-0.15, -0.1) is 0 Å². The second-order valence-electron chi connectivity index (χ2n) is 5.22. The van der Waals surface area contributed by atoms with Gasteiger partial charge in [0.1, 0.15) is 12.0 Å². The van der Waals surface area contributed by atoms with Gasteiger partial charge in [0.15, 0.2) is 5.82 Å². The zero-order valence-electron chi connectivity index (χ0n) is 12.4. The number of ether oxygens (including phenoxy) is 1. The molecule has 0 spiro atoms. The van der Waals surface area contributed by atoms with Crippen LogP contribution in [0.25, 0.3) is 0 Å². The average molecular weight is 279 g/mol. The third kappa shape index (κ3) is 3.72. The highest BCUT2D eigenvalue weighted by Crippen LogP contribution is 2.25. The minimum atomic E-state index is 0.453. The first-order valence-electron chi connectivity index (χ1n) is 7.39. The molecule has 1 heterocycles.